The van der Waals surface area contributed by atoms with Gasteiger partial charge in [0.05, 0.1) is 8.07 Å². The molecule has 0 amide bonds. The summed E-state index contributed by atoms with van der Waals surface area (Å²) >= 11 is 0. The van der Waals surface area contributed by atoms with Crippen molar-refractivity contribution in [2.75, 3.05) is 0 Å². The molecule has 0 aromatic heterocycles. The van der Waals surface area contributed by atoms with Crippen LogP contribution in [0.2, 0.25) is 24.2 Å². The van der Waals surface area contributed by atoms with Gasteiger partial charge >= 0.3 is 0 Å². The van der Waals surface area contributed by atoms with Crippen LogP contribution in [0.25, 0.3) is 0 Å². The van der Waals surface area contributed by atoms with Gasteiger partial charge < -0.3 is 0 Å². The molecule has 2 aliphatic carbocycles. The highest BCUT2D eigenvalue weighted by molar-refractivity contribution is 6.83. The normalized spacial score (nSPS) is 26.7. The highest BCUT2D eigenvalue weighted by atomic mass is 28.3. The van der Waals surface area contributed by atoms with E-state index in [9.17, 15) is 0 Å². The Morgan fingerprint density at radius 3 is 1.38 bits per heavy atom. The van der Waals surface area contributed by atoms with E-state index in [1.165, 1.54) is 12.8 Å². The van der Waals surface area contributed by atoms with E-state index in [0.29, 0.717) is 0 Å². The molecule has 0 fully saturated rings. The van der Waals surface area contributed by atoms with Crippen molar-refractivity contribution in [3.8, 4) is 0 Å². The van der Waals surface area contributed by atoms with Crippen LogP contribution in [-0.4, -0.2) is 8.07 Å². The minimum absolute atomic E-state index is 0.739. The lowest BCUT2D eigenvalue weighted by Gasteiger charge is -2.41. The molecule has 0 nitrogen and oxygen atoms in total. The highest BCUT2D eigenvalue weighted by Crippen LogP contribution is 2.55. The van der Waals surface area contributed by atoms with E-state index in [4.69, 9.17) is 0 Å². The summed E-state index contributed by atoms with van der Waals surface area (Å²) in [6.07, 6.45) is 7.32. The van der Waals surface area contributed by atoms with Crippen molar-refractivity contribution in [1.82, 2.24) is 0 Å². The maximum Gasteiger partial charge on any atom is 0.0713 e. The molecule has 2 rings (SSSR count). The van der Waals surface area contributed by atoms with Gasteiger partial charge in [-0.15, -0.1) is 0 Å². The van der Waals surface area contributed by atoms with E-state index in [2.05, 4.69) is 66.8 Å². The topological polar surface area (TPSA) is 0 Å². The molecule has 0 N–H and O–H groups in total. The Bertz CT molecular complexity index is 517. The van der Waals surface area contributed by atoms with Crippen LogP contribution in [0.3, 0.4) is 0 Å². The molecule has 1 heteroatoms. The fourth-order valence-corrected chi connectivity index (χ4v) is 10.8. The van der Waals surface area contributed by atoms with Crippen LogP contribution in [0.1, 0.15) is 54.4 Å². The summed E-state index contributed by atoms with van der Waals surface area (Å²) in [6, 6.07) is 0. The van der Waals surface area contributed by atoms with Gasteiger partial charge in [-0.2, -0.15) is 0 Å². The van der Waals surface area contributed by atoms with Gasteiger partial charge in [0.25, 0.3) is 0 Å². The fourth-order valence-electron chi connectivity index (χ4n) is 5.24. The van der Waals surface area contributed by atoms with Gasteiger partial charge in [-0.05, 0) is 51.6 Å². The van der Waals surface area contributed by atoms with Gasteiger partial charge in [0, 0.05) is 0 Å². The first-order valence-corrected chi connectivity index (χ1v) is 11.7. The minimum atomic E-state index is -1.47. The van der Waals surface area contributed by atoms with Crippen LogP contribution >= 0.6 is 0 Å². The molecule has 2 aliphatic rings. The second kappa shape index (κ2) is 5.76. The quantitative estimate of drug-likeness (QED) is 0.500. The average molecular weight is 301 g/mol. The molecule has 0 spiro atoms. The van der Waals surface area contributed by atoms with Crippen LogP contribution in [0.5, 0.6) is 0 Å². The molecule has 0 aromatic carbocycles. The first-order valence-electron chi connectivity index (χ1n) is 8.51. The smallest absolute Gasteiger partial charge is 0.0686 e. The highest BCUT2D eigenvalue weighted by Gasteiger charge is 2.46. The standard InChI is InChI=1S/C20H32Si/c1-9-17-13(3)11-15(5)19(17)21(7,8)20-16(6)12-14(4)18(20)10-2/h11-12,19-20H,9-10H2,1-8H3. The van der Waals surface area contributed by atoms with Crippen molar-refractivity contribution in [3.05, 3.63) is 45.6 Å². The van der Waals surface area contributed by atoms with E-state index >= 15 is 0 Å². The molecular weight excluding hydrogens is 268 g/mol. The Labute approximate surface area is 132 Å². The van der Waals surface area contributed by atoms with Crippen molar-refractivity contribution in [3.63, 3.8) is 0 Å². The lowest BCUT2D eigenvalue weighted by atomic mass is 10.1. The zero-order chi connectivity index (χ0) is 15.9. The maximum absolute atomic E-state index is 2.62. The lowest BCUT2D eigenvalue weighted by molar-refractivity contribution is 0.903. The van der Waals surface area contributed by atoms with Crippen LogP contribution < -0.4 is 0 Å². The average Bonchev–Trinajstić information content (AvgIpc) is 2.84. The first-order chi connectivity index (χ1) is 9.75. The molecule has 0 bridgehead atoms. The molecular formula is C20H32Si. The third kappa shape index (κ3) is 2.54. The van der Waals surface area contributed by atoms with Crippen LogP contribution in [0, 0.1) is 0 Å². The van der Waals surface area contributed by atoms with Crippen molar-refractivity contribution < 1.29 is 0 Å². The van der Waals surface area contributed by atoms with Crippen molar-refractivity contribution in [2.45, 2.75) is 78.6 Å². The van der Waals surface area contributed by atoms with Crippen molar-refractivity contribution in [1.29, 1.82) is 0 Å². The molecule has 0 saturated heterocycles. The van der Waals surface area contributed by atoms with E-state index in [-0.39, 0.29) is 0 Å². The van der Waals surface area contributed by atoms with Gasteiger partial charge in [0.15, 0.2) is 0 Å². The van der Waals surface area contributed by atoms with Crippen molar-refractivity contribution >= 4 is 8.07 Å². The third-order valence-electron chi connectivity index (χ3n) is 5.76. The Kier molecular flexibility index (Phi) is 4.54. The van der Waals surface area contributed by atoms with Gasteiger partial charge in [-0.25, -0.2) is 0 Å². The second-order valence-corrected chi connectivity index (χ2v) is 12.4. The Balaban J connectivity index is 2.48. The maximum atomic E-state index is 2.62. The number of rotatable bonds is 4. The zero-order valence-corrected chi connectivity index (χ0v) is 16.2. The molecule has 0 saturated carbocycles. The minimum Gasteiger partial charge on any atom is -0.0686 e. The molecule has 21 heavy (non-hydrogen) atoms. The van der Waals surface area contributed by atoms with Gasteiger partial charge in [0.2, 0.25) is 0 Å². The Hall–Kier alpha value is -0.823. The lowest BCUT2D eigenvalue weighted by Crippen LogP contribution is -2.40. The van der Waals surface area contributed by atoms with E-state index < -0.39 is 8.07 Å². The van der Waals surface area contributed by atoms with Crippen LogP contribution in [0.15, 0.2) is 45.6 Å². The van der Waals surface area contributed by atoms with Gasteiger partial charge in [-0.3, -0.25) is 0 Å². The second-order valence-electron chi connectivity index (χ2n) is 7.59. The van der Waals surface area contributed by atoms with Gasteiger partial charge in [-0.1, -0.05) is 72.5 Å². The first kappa shape index (κ1) is 16.5. The molecule has 2 atom stereocenters. The molecule has 0 radical (unpaired) electrons. The summed E-state index contributed by atoms with van der Waals surface area (Å²) in [4.78, 5) is 0. The number of allylic oxidation sites excluding steroid dienone is 8. The summed E-state index contributed by atoms with van der Waals surface area (Å²) in [5, 5.41) is 0. The summed E-state index contributed by atoms with van der Waals surface area (Å²) in [6.45, 7) is 19.3. The summed E-state index contributed by atoms with van der Waals surface area (Å²) in [5.74, 6) is 0. The number of hydrogen-bond acceptors (Lipinski definition) is 0. The molecule has 0 heterocycles. The SMILES string of the molecule is CCC1=C(C)C=C(C)C1[Si](C)(C)C1C(C)=CC(C)=C1CC. The van der Waals surface area contributed by atoms with Crippen LogP contribution in [-0.2, 0) is 0 Å². The largest absolute Gasteiger partial charge is 0.0713 e. The molecule has 0 aromatic rings. The van der Waals surface area contributed by atoms with Crippen LogP contribution in [0.4, 0.5) is 0 Å². The summed E-state index contributed by atoms with van der Waals surface area (Å²) in [7, 11) is -1.47. The predicted molar refractivity (Wildman–Crippen MR) is 98.5 cm³/mol. The third-order valence-corrected chi connectivity index (χ3v) is 10.3. The van der Waals surface area contributed by atoms with E-state index in [1.54, 1.807) is 33.4 Å². The molecule has 2 unspecified atom stereocenters. The molecule has 116 valence electrons. The molecule has 0 aliphatic heterocycles. The number of hydrogen-bond donors (Lipinski definition) is 0. The summed E-state index contributed by atoms with van der Waals surface area (Å²) in [5.41, 5.74) is 11.2. The fraction of sp³-hybridized carbons (Fsp3) is 0.600. The van der Waals surface area contributed by atoms with Crippen molar-refractivity contribution in [2.24, 2.45) is 0 Å². The monoisotopic (exact) mass is 300 g/mol. The van der Waals surface area contributed by atoms with E-state index in [0.717, 1.165) is 11.1 Å². The Morgan fingerprint density at radius 1 is 0.762 bits per heavy atom. The zero-order valence-electron chi connectivity index (χ0n) is 15.2. The Morgan fingerprint density at radius 2 is 1.10 bits per heavy atom. The predicted octanol–water partition coefficient (Wildman–Crippen LogP) is 6.81. The summed E-state index contributed by atoms with van der Waals surface area (Å²) < 4.78 is 0. The van der Waals surface area contributed by atoms with Gasteiger partial charge in [0.1, 0.15) is 0 Å². The van der Waals surface area contributed by atoms with E-state index in [1.807, 2.05) is 0 Å².